The van der Waals surface area contributed by atoms with Crippen LogP contribution in [0.3, 0.4) is 0 Å². The van der Waals surface area contributed by atoms with Gasteiger partial charge in [0.05, 0.1) is 11.7 Å². The van der Waals surface area contributed by atoms with E-state index in [1.807, 2.05) is 20.8 Å². The Morgan fingerprint density at radius 1 is 0.630 bits per heavy atom. The number of rotatable bonds is 21. The predicted octanol–water partition coefficient (Wildman–Crippen LogP) is 1.91. The molecule has 0 aliphatic rings. The molecule has 11 N–H and O–H groups in total. The summed E-state index contributed by atoms with van der Waals surface area (Å²) in [4.78, 5) is 24.7. The van der Waals surface area contributed by atoms with Gasteiger partial charge in [-0.2, -0.15) is 0 Å². The van der Waals surface area contributed by atoms with E-state index in [2.05, 4.69) is 54.3 Å². The van der Waals surface area contributed by atoms with Crippen LogP contribution in [0.1, 0.15) is 121 Å². The standard InChI is InChI=1S/C33H67N7O6/c1-11-33(10,18-19-37-28(45)26(43)24(41)25(42)27(44)29(46)40-31(5,6)7)32(8,9)39-23(35)17-15-13-12-14-16-22(34)36-20-21-38-30(2,3)4/h24-27,38,41-44H,11-21H2,1-10H3,(H2,34,36)(H2,35,39)(H,37,45)(H,40,46)/t24-,25+,26+,27-,33?/m0/s1. The molecule has 0 bridgehead atoms. The van der Waals surface area contributed by atoms with Crippen LogP contribution in [0.2, 0.25) is 0 Å². The monoisotopic (exact) mass is 658 g/mol. The Hall–Kier alpha value is -2.32. The summed E-state index contributed by atoms with van der Waals surface area (Å²) in [5, 5.41) is 72.4. The van der Waals surface area contributed by atoms with Crippen molar-refractivity contribution in [2.24, 2.45) is 5.41 Å². The SMILES string of the molecule is CCC(C)(CCNC(=O)[C@H](O)[C@@H](O)[C@@H](O)[C@H](O)C(=O)NC(C)(C)C)C(C)(C)NC(=N)CCCCCCC(=N)NCCNC(C)(C)C. The fourth-order valence-corrected chi connectivity index (χ4v) is 4.91. The Balaban J connectivity index is 4.63. The second-order valence-corrected chi connectivity index (χ2v) is 15.3. The summed E-state index contributed by atoms with van der Waals surface area (Å²) < 4.78 is 0. The van der Waals surface area contributed by atoms with Crippen molar-refractivity contribution in [3.63, 3.8) is 0 Å². The van der Waals surface area contributed by atoms with Crippen molar-refractivity contribution >= 4 is 23.5 Å². The Morgan fingerprint density at radius 3 is 1.61 bits per heavy atom. The molecular weight excluding hydrogens is 590 g/mol. The van der Waals surface area contributed by atoms with Crippen LogP contribution in [0, 0.1) is 16.2 Å². The molecule has 13 heteroatoms. The lowest BCUT2D eigenvalue weighted by atomic mass is 9.68. The summed E-state index contributed by atoms with van der Waals surface area (Å²) in [5.41, 5.74) is -1.48. The van der Waals surface area contributed by atoms with E-state index in [9.17, 15) is 30.0 Å². The molecule has 0 radical (unpaired) electrons. The van der Waals surface area contributed by atoms with E-state index in [0.29, 0.717) is 24.5 Å². The summed E-state index contributed by atoms with van der Waals surface area (Å²) in [6, 6.07) is 0. The molecule has 2 amide bonds. The number of nitrogens with one attached hydrogen (secondary N) is 7. The Kier molecular flexibility index (Phi) is 18.5. The molecule has 13 nitrogen and oxygen atoms in total. The van der Waals surface area contributed by atoms with Gasteiger partial charge in [-0.1, -0.05) is 26.7 Å². The van der Waals surface area contributed by atoms with Gasteiger partial charge in [0.15, 0.2) is 12.2 Å². The molecule has 0 aliphatic carbocycles. The predicted molar refractivity (Wildman–Crippen MR) is 184 cm³/mol. The lowest BCUT2D eigenvalue weighted by Gasteiger charge is -2.45. The van der Waals surface area contributed by atoms with E-state index in [4.69, 9.17) is 10.8 Å². The molecule has 0 rings (SSSR count). The molecule has 46 heavy (non-hydrogen) atoms. The van der Waals surface area contributed by atoms with Gasteiger partial charge in [0.25, 0.3) is 11.8 Å². The Morgan fingerprint density at radius 2 is 1.13 bits per heavy atom. The van der Waals surface area contributed by atoms with Crippen molar-refractivity contribution in [2.75, 3.05) is 19.6 Å². The van der Waals surface area contributed by atoms with Crippen LogP contribution < -0.4 is 26.6 Å². The summed E-state index contributed by atoms with van der Waals surface area (Å²) in [7, 11) is 0. The van der Waals surface area contributed by atoms with Crippen LogP contribution in [0.4, 0.5) is 0 Å². The van der Waals surface area contributed by atoms with Gasteiger partial charge in [0.1, 0.15) is 12.2 Å². The number of amidine groups is 2. The number of aliphatic hydroxyl groups is 4. The molecule has 270 valence electrons. The molecule has 0 aliphatic heterocycles. The molecule has 0 aromatic carbocycles. The van der Waals surface area contributed by atoms with Crippen LogP contribution in [-0.2, 0) is 9.59 Å². The van der Waals surface area contributed by atoms with Gasteiger partial charge in [-0.25, -0.2) is 0 Å². The first-order valence-corrected chi connectivity index (χ1v) is 16.7. The zero-order valence-corrected chi connectivity index (χ0v) is 30.2. The molecule has 0 aromatic rings. The molecule has 0 saturated heterocycles. The van der Waals surface area contributed by atoms with Crippen molar-refractivity contribution in [1.82, 2.24) is 26.6 Å². The highest BCUT2D eigenvalue weighted by Crippen LogP contribution is 2.37. The van der Waals surface area contributed by atoms with Gasteiger partial charge in [0, 0.05) is 49.1 Å². The van der Waals surface area contributed by atoms with E-state index < -0.39 is 47.3 Å². The Labute approximate surface area is 277 Å². The van der Waals surface area contributed by atoms with Gasteiger partial charge in [-0.05, 0) is 86.5 Å². The summed E-state index contributed by atoms with van der Waals surface area (Å²) in [5.74, 6) is -0.869. The first kappa shape index (κ1) is 43.7. The second-order valence-electron chi connectivity index (χ2n) is 15.3. The minimum absolute atomic E-state index is 0.0671. The van der Waals surface area contributed by atoms with Crippen molar-refractivity contribution in [1.29, 1.82) is 10.8 Å². The third-order valence-electron chi connectivity index (χ3n) is 8.48. The molecule has 0 aromatic heterocycles. The number of hydrogen-bond acceptors (Lipinski definition) is 9. The highest BCUT2D eigenvalue weighted by Gasteiger charge is 2.41. The normalized spacial score (nSPS) is 16.4. The minimum Gasteiger partial charge on any atom is -0.387 e. The summed E-state index contributed by atoms with van der Waals surface area (Å²) in [6.07, 6.45) is -1.92. The average Bonchev–Trinajstić information content (AvgIpc) is 2.93. The third kappa shape index (κ3) is 17.0. The second kappa shape index (κ2) is 19.5. The number of aliphatic hydroxyl groups excluding tert-OH is 4. The number of hydrogen-bond donors (Lipinski definition) is 11. The first-order chi connectivity index (χ1) is 21.0. The summed E-state index contributed by atoms with van der Waals surface area (Å²) >= 11 is 0. The lowest BCUT2D eigenvalue weighted by Crippen LogP contribution is -2.57. The smallest absolute Gasteiger partial charge is 0.252 e. The lowest BCUT2D eigenvalue weighted by molar-refractivity contribution is -0.156. The summed E-state index contributed by atoms with van der Waals surface area (Å²) in [6.45, 7) is 21.2. The molecule has 0 saturated carbocycles. The number of carbonyl (C=O) groups excluding carboxylic acids is 2. The van der Waals surface area contributed by atoms with Gasteiger partial charge >= 0.3 is 0 Å². The van der Waals surface area contributed by atoms with E-state index in [1.165, 1.54) is 0 Å². The van der Waals surface area contributed by atoms with Gasteiger partial charge in [0.2, 0.25) is 0 Å². The van der Waals surface area contributed by atoms with Crippen molar-refractivity contribution in [3.05, 3.63) is 0 Å². The first-order valence-electron chi connectivity index (χ1n) is 16.7. The molecular formula is C33H67N7O6. The maximum atomic E-state index is 12.6. The van der Waals surface area contributed by atoms with Crippen molar-refractivity contribution in [2.45, 2.75) is 162 Å². The van der Waals surface area contributed by atoms with E-state index in [0.717, 1.165) is 51.6 Å². The third-order valence-corrected chi connectivity index (χ3v) is 8.48. The largest absolute Gasteiger partial charge is 0.387 e. The zero-order chi connectivity index (χ0) is 35.9. The van der Waals surface area contributed by atoms with Crippen LogP contribution in [0.15, 0.2) is 0 Å². The van der Waals surface area contributed by atoms with Gasteiger partial charge < -0.3 is 47.0 Å². The van der Waals surface area contributed by atoms with Crippen LogP contribution in [-0.4, -0.2) is 105 Å². The zero-order valence-electron chi connectivity index (χ0n) is 30.2. The maximum absolute atomic E-state index is 12.6. The minimum atomic E-state index is -2.08. The average molecular weight is 658 g/mol. The van der Waals surface area contributed by atoms with Crippen molar-refractivity contribution in [3.8, 4) is 0 Å². The number of carbonyl (C=O) groups is 2. The maximum Gasteiger partial charge on any atom is 0.252 e. The molecule has 5 atom stereocenters. The van der Waals surface area contributed by atoms with Crippen LogP contribution in [0.5, 0.6) is 0 Å². The molecule has 0 heterocycles. The number of amides is 2. The van der Waals surface area contributed by atoms with Gasteiger partial charge in [-0.3, -0.25) is 20.4 Å². The van der Waals surface area contributed by atoms with Crippen LogP contribution in [0.25, 0.3) is 0 Å². The topological polar surface area (TPSA) is 223 Å². The van der Waals surface area contributed by atoms with Crippen LogP contribution >= 0.6 is 0 Å². The fourth-order valence-electron chi connectivity index (χ4n) is 4.91. The fraction of sp³-hybridized carbons (Fsp3) is 0.879. The Bertz CT molecular complexity index is 963. The highest BCUT2D eigenvalue weighted by molar-refractivity contribution is 5.83. The molecule has 0 fully saturated rings. The van der Waals surface area contributed by atoms with E-state index >= 15 is 0 Å². The number of unbranched alkanes of at least 4 members (excludes halogenated alkanes) is 3. The van der Waals surface area contributed by atoms with Crippen molar-refractivity contribution < 1.29 is 30.0 Å². The van der Waals surface area contributed by atoms with Gasteiger partial charge in [-0.15, -0.1) is 0 Å². The highest BCUT2D eigenvalue weighted by atomic mass is 16.4. The quantitative estimate of drug-likeness (QED) is 0.0492. The van der Waals surface area contributed by atoms with E-state index in [-0.39, 0.29) is 17.5 Å². The molecule has 1 unspecified atom stereocenters. The molecule has 0 spiro atoms. The van der Waals surface area contributed by atoms with E-state index in [1.54, 1.807) is 20.8 Å².